The minimum absolute atomic E-state index is 0.120. The van der Waals surface area contributed by atoms with Crippen molar-refractivity contribution in [3.05, 3.63) is 83.7 Å². The molecule has 1 amide bonds. The molecule has 0 fully saturated rings. The largest absolute Gasteiger partial charge is 0.392 e. The van der Waals surface area contributed by atoms with Crippen molar-refractivity contribution in [1.82, 2.24) is 19.9 Å². The molecule has 0 aliphatic carbocycles. The molecule has 3 aromatic rings. The van der Waals surface area contributed by atoms with Crippen LogP contribution in [-0.4, -0.2) is 25.5 Å². The summed E-state index contributed by atoms with van der Waals surface area (Å²) >= 11 is 0. The lowest BCUT2D eigenvalue weighted by molar-refractivity contribution is 0.0928. The van der Waals surface area contributed by atoms with Crippen LogP contribution in [0, 0.1) is 6.92 Å². The van der Waals surface area contributed by atoms with Crippen LogP contribution in [0.5, 0.6) is 0 Å². The fourth-order valence-corrected chi connectivity index (χ4v) is 2.84. The number of carbonyl (C=O) groups is 1. The topological polar surface area (TPSA) is 80.0 Å². The molecule has 1 unspecified atom stereocenters. The van der Waals surface area contributed by atoms with Crippen LogP contribution in [-0.2, 0) is 13.2 Å². The van der Waals surface area contributed by atoms with Crippen molar-refractivity contribution in [3.8, 4) is 0 Å². The number of aliphatic hydroxyl groups is 1. The van der Waals surface area contributed by atoms with Crippen molar-refractivity contribution in [2.75, 3.05) is 0 Å². The van der Waals surface area contributed by atoms with Gasteiger partial charge in [0.15, 0.2) is 0 Å². The first-order chi connectivity index (χ1) is 12.7. The fraction of sp³-hybridized carbons (Fsp3) is 0.250. The average Bonchev–Trinajstić information content (AvgIpc) is 3.10. The first-order valence-electron chi connectivity index (χ1n) is 8.56. The molecule has 0 saturated heterocycles. The standard InChI is InChI=1S/C20H22N4O2/c1-15-21-10-12-24(15)11-8-18(17-5-3-2-4-6-17)23-20(26)19-13-16(14-25)7-9-22-19/h2-7,9-10,12-13,18,25H,8,11,14H2,1H3,(H,23,26). The highest BCUT2D eigenvalue weighted by Gasteiger charge is 2.17. The molecule has 0 radical (unpaired) electrons. The molecule has 0 aliphatic heterocycles. The summed E-state index contributed by atoms with van der Waals surface area (Å²) in [7, 11) is 0. The Bertz CT molecular complexity index is 861. The Morgan fingerprint density at radius 3 is 2.69 bits per heavy atom. The summed E-state index contributed by atoms with van der Waals surface area (Å²) in [4.78, 5) is 21.0. The molecule has 6 heteroatoms. The van der Waals surface area contributed by atoms with Crippen molar-refractivity contribution < 1.29 is 9.90 Å². The maximum atomic E-state index is 12.7. The van der Waals surface area contributed by atoms with E-state index in [9.17, 15) is 9.90 Å². The second-order valence-electron chi connectivity index (χ2n) is 6.10. The monoisotopic (exact) mass is 350 g/mol. The van der Waals surface area contributed by atoms with E-state index in [4.69, 9.17) is 0 Å². The molecule has 3 rings (SSSR count). The molecule has 6 nitrogen and oxygen atoms in total. The van der Waals surface area contributed by atoms with Gasteiger partial charge in [0.1, 0.15) is 11.5 Å². The summed E-state index contributed by atoms with van der Waals surface area (Å²) in [6.07, 6.45) is 5.97. The number of nitrogens with one attached hydrogen (secondary N) is 1. The third-order valence-electron chi connectivity index (χ3n) is 4.33. The van der Waals surface area contributed by atoms with Crippen LogP contribution in [0.25, 0.3) is 0 Å². The van der Waals surface area contributed by atoms with Gasteiger partial charge in [-0.15, -0.1) is 0 Å². The highest BCUT2D eigenvalue weighted by Crippen LogP contribution is 2.19. The normalized spacial score (nSPS) is 11.9. The number of benzene rings is 1. The minimum Gasteiger partial charge on any atom is -0.392 e. The van der Waals surface area contributed by atoms with Crippen LogP contribution in [0.15, 0.2) is 61.1 Å². The number of rotatable bonds is 7. The van der Waals surface area contributed by atoms with E-state index in [1.54, 1.807) is 18.3 Å². The molecule has 2 N–H and O–H groups in total. The number of aliphatic hydroxyl groups excluding tert-OH is 1. The number of nitrogens with zero attached hydrogens (tertiary/aromatic N) is 3. The molecule has 0 bridgehead atoms. The van der Waals surface area contributed by atoms with Crippen LogP contribution in [0.1, 0.15) is 39.9 Å². The molecule has 0 saturated carbocycles. The van der Waals surface area contributed by atoms with Gasteiger partial charge in [0, 0.05) is 25.1 Å². The number of pyridine rings is 1. The Kier molecular flexibility index (Phi) is 5.76. The van der Waals surface area contributed by atoms with Crippen molar-refractivity contribution in [3.63, 3.8) is 0 Å². The molecule has 2 heterocycles. The maximum Gasteiger partial charge on any atom is 0.270 e. The lowest BCUT2D eigenvalue weighted by Gasteiger charge is -2.20. The van der Waals surface area contributed by atoms with E-state index in [1.807, 2.05) is 43.5 Å². The average molecular weight is 350 g/mol. The Morgan fingerprint density at radius 2 is 2.00 bits per heavy atom. The number of imidazole rings is 1. The second-order valence-corrected chi connectivity index (χ2v) is 6.10. The maximum absolute atomic E-state index is 12.7. The van der Waals surface area contributed by atoms with E-state index in [2.05, 4.69) is 19.9 Å². The Hall–Kier alpha value is -2.99. The van der Waals surface area contributed by atoms with Crippen LogP contribution < -0.4 is 5.32 Å². The van der Waals surface area contributed by atoms with E-state index >= 15 is 0 Å². The minimum atomic E-state index is -0.253. The number of hydrogen-bond donors (Lipinski definition) is 2. The van der Waals surface area contributed by atoms with Crippen molar-refractivity contribution in [2.45, 2.75) is 32.5 Å². The third-order valence-corrected chi connectivity index (χ3v) is 4.33. The van der Waals surface area contributed by atoms with Crippen molar-refractivity contribution in [1.29, 1.82) is 0 Å². The van der Waals surface area contributed by atoms with E-state index in [1.165, 1.54) is 6.20 Å². The SMILES string of the molecule is Cc1nccn1CCC(NC(=O)c1cc(CO)ccn1)c1ccccc1. The van der Waals surface area contributed by atoms with Gasteiger partial charge in [-0.05, 0) is 36.6 Å². The highest BCUT2D eigenvalue weighted by molar-refractivity contribution is 5.92. The van der Waals surface area contributed by atoms with Crippen LogP contribution >= 0.6 is 0 Å². The molecular weight excluding hydrogens is 328 g/mol. The molecule has 0 spiro atoms. The summed E-state index contributed by atoms with van der Waals surface area (Å²) < 4.78 is 2.06. The second kappa shape index (κ2) is 8.40. The Balaban J connectivity index is 1.76. The van der Waals surface area contributed by atoms with Crippen molar-refractivity contribution in [2.24, 2.45) is 0 Å². The molecule has 2 aromatic heterocycles. The number of amides is 1. The van der Waals surface area contributed by atoms with Gasteiger partial charge in [0.2, 0.25) is 0 Å². The first kappa shape index (κ1) is 17.8. The van der Waals surface area contributed by atoms with Gasteiger partial charge in [-0.25, -0.2) is 4.98 Å². The molecule has 1 aromatic carbocycles. The summed E-state index contributed by atoms with van der Waals surface area (Å²) in [5, 5.41) is 12.3. The molecular formula is C20H22N4O2. The van der Waals surface area contributed by atoms with Crippen LogP contribution in [0.2, 0.25) is 0 Å². The predicted molar refractivity (Wildman–Crippen MR) is 98.4 cm³/mol. The number of carbonyl (C=O) groups excluding carboxylic acids is 1. The van der Waals surface area contributed by atoms with Gasteiger partial charge < -0.3 is 15.0 Å². The van der Waals surface area contributed by atoms with Crippen LogP contribution in [0.4, 0.5) is 0 Å². The van der Waals surface area contributed by atoms with E-state index < -0.39 is 0 Å². The predicted octanol–water partition coefficient (Wildman–Crippen LogP) is 2.64. The summed E-state index contributed by atoms with van der Waals surface area (Å²) in [6.45, 7) is 2.58. The van der Waals surface area contributed by atoms with E-state index in [0.717, 1.165) is 24.4 Å². The van der Waals surface area contributed by atoms with Crippen molar-refractivity contribution >= 4 is 5.91 Å². The lowest BCUT2D eigenvalue weighted by atomic mass is 10.0. The molecule has 1 atom stereocenters. The number of aryl methyl sites for hydroxylation is 2. The van der Waals surface area contributed by atoms with Gasteiger partial charge in [-0.1, -0.05) is 30.3 Å². The zero-order chi connectivity index (χ0) is 18.4. The zero-order valence-corrected chi connectivity index (χ0v) is 14.7. The Morgan fingerprint density at radius 1 is 1.19 bits per heavy atom. The molecule has 134 valence electrons. The smallest absolute Gasteiger partial charge is 0.270 e. The molecule has 26 heavy (non-hydrogen) atoms. The highest BCUT2D eigenvalue weighted by atomic mass is 16.3. The van der Waals surface area contributed by atoms with Gasteiger partial charge in [-0.2, -0.15) is 0 Å². The summed E-state index contributed by atoms with van der Waals surface area (Å²) in [6, 6.07) is 13.0. The number of hydrogen-bond acceptors (Lipinski definition) is 4. The van der Waals surface area contributed by atoms with Gasteiger partial charge in [0.05, 0.1) is 12.6 Å². The Labute approximate surface area is 152 Å². The van der Waals surface area contributed by atoms with E-state index in [-0.39, 0.29) is 18.6 Å². The molecule has 0 aliphatic rings. The third kappa shape index (κ3) is 4.34. The zero-order valence-electron chi connectivity index (χ0n) is 14.7. The van der Waals surface area contributed by atoms with E-state index in [0.29, 0.717) is 11.3 Å². The van der Waals surface area contributed by atoms with Gasteiger partial charge in [-0.3, -0.25) is 9.78 Å². The van der Waals surface area contributed by atoms with Crippen LogP contribution in [0.3, 0.4) is 0 Å². The summed E-state index contributed by atoms with van der Waals surface area (Å²) in [5.41, 5.74) is 2.00. The lowest BCUT2D eigenvalue weighted by Crippen LogP contribution is -2.30. The van der Waals surface area contributed by atoms with Gasteiger partial charge >= 0.3 is 0 Å². The first-order valence-corrected chi connectivity index (χ1v) is 8.56. The number of aromatic nitrogens is 3. The van der Waals surface area contributed by atoms with Gasteiger partial charge in [0.25, 0.3) is 5.91 Å². The quantitative estimate of drug-likeness (QED) is 0.686. The summed E-state index contributed by atoms with van der Waals surface area (Å²) in [5.74, 6) is 0.692. The fourth-order valence-electron chi connectivity index (χ4n) is 2.84.